The summed E-state index contributed by atoms with van der Waals surface area (Å²) >= 11 is 3.33. The van der Waals surface area contributed by atoms with Gasteiger partial charge in [-0.15, -0.1) is 0 Å². The highest BCUT2D eigenvalue weighted by atomic mass is 79.9. The van der Waals surface area contributed by atoms with Crippen molar-refractivity contribution < 1.29 is 0 Å². The second kappa shape index (κ2) is 5.44. The highest BCUT2D eigenvalue weighted by Crippen LogP contribution is 2.27. The molecule has 0 spiro atoms. The molecule has 96 valence electrons. The molecule has 20 heavy (non-hydrogen) atoms. The SMILES string of the molecule is N#CC(Br)c1ccc(-c2ccc3cccnc3c2)cc1. The van der Waals surface area contributed by atoms with E-state index < -0.39 is 0 Å². The van der Waals surface area contributed by atoms with Crippen molar-refractivity contribution in [3.05, 3.63) is 66.4 Å². The van der Waals surface area contributed by atoms with E-state index in [-0.39, 0.29) is 4.83 Å². The molecule has 0 aliphatic heterocycles. The molecule has 0 aliphatic carbocycles. The molecule has 0 N–H and O–H groups in total. The maximum absolute atomic E-state index is 8.89. The quantitative estimate of drug-likeness (QED) is 0.631. The van der Waals surface area contributed by atoms with Crippen molar-refractivity contribution in [2.24, 2.45) is 0 Å². The minimum absolute atomic E-state index is 0.255. The lowest BCUT2D eigenvalue weighted by atomic mass is 10.0. The molecule has 0 fully saturated rings. The Kier molecular flexibility index (Phi) is 3.49. The van der Waals surface area contributed by atoms with Gasteiger partial charge in [-0.25, -0.2) is 0 Å². The number of benzene rings is 2. The molecule has 3 aromatic rings. The second-order valence-electron chi connectivity index (χ2n) is 4.52. The van der Waals surface area contributed by atoms with Crippen LogP contribution in [0.5, 0.6) is 0 Å². The lowest BCUT2D eigenvalue weighted by molar-refractivity contribution is 1.25. The number of hydrogen-bond acceptors (Lipinski definition) is 2. The smallest absolute Gasteiger partial charge is 0.126 e. The van der Waals surface area contributed by atoms with Gasteiger partial charge in [0.2, 0.25) is 0 Å². The van der Waals surface area contributed by atoms with E-state index in [9.17, 15) is 0 Å². The molecule has 0 radical (unpaired) electrons. The average molecular weight is 323 g/mol. The highest BCUT2D eigenvalue weighted by molar-refractivity contribution is 9.09. The number of halogens is 1. The van der Waals surface area contributed by atoms with Crippen molar-refractivity contribution in [1.29, 1.82) is 5.26 Å². The fourth-order valence-electron chi connectivity index (χ4n) is 2.17. The van der Waals surface area contributed by atoms with E-state index >= 15 is 0 Å². The van der Waals surface area contributed by atoms with Crippen LogP contribution in [0.3, 0.4) is 0 Å². The third-order valence-electron chi connectivity index (χ3n) is 3.26. The largest absolute Gasteiger partial charge is 0.256 e. The van der Waals surface area contributed by atoms with E-state index in [2.05, 4.69) is 51.2 Å². The summed E-state index contributed by atoms with van der Waals surface area (Å²) in [6.45, 7) is 0. The first-order chi connectivity index (χ1) is 9.78. The highest BCUT2D eigenvalue weighted by Gasteiger charge is 2.06. The molecular weight excluding hydrogens is 312 g/mol. The van der Waals surface area contributed by atoms with E-state index in [4.69, 9.17) is 5.26 Å². The Morgan fingerprint density at radius 1 is 1.00 bits per heavy atom. The molecule has 1 aromatic heterocycles. The number of aromatic nitrogens is 1. The first-order valence-corrected chi connectivity index (χ1v) is 7.18. The Hall–Kier alpha value is -2.18. The molecule has 1 unspecified atom stereocenters. The van der Waals surface area contributed by atoms with Gasteiger partial charge in [-0.2, -0.15) is 5.26 Å². The summed E-state index contributed by atoms with van der Waals surface area (Å²) in [5.74, 6) is 0. The fraction of sp³-hybridized carbons (Fsp3) is 0.0588. The second-order valence-corrected chi connectivity index (χ2v) is 5.44. The van der Waals surface area contributed by atoms with Crippen LogP contribution in [0.25, 0.3) is 22.0 Å². The number of nitriles is 1. The van der Waals surface area contributed by atoms with Crippen LogP contribution in [0.4, 0.5) is 0 Å². The summed E-state index contributed by atoms with van der Waals surface area (Å²) < 4.78 is 0. The van der Waals surface area contributed by atoms with Crippen LogP contribution in [0.15, 0.2) is 60.8 Å². The summed E-state index contributed by atoms with van der Waals surface area (Å²) in [7, 11) is 0. The normalized spacial score (nSPS) is 12.0. The van der Waals surface area contributed by atoms with Gasteiger partial charge in [0, 0.05) is 11.6 Å². The molecule has 0 saturated carbocycles. The molecule has 2 aromatic carbocycles. The predicted octanol–water partition coefficient (Wildman–Crippen LogP) is 4.86. The van der Waals surface area contributed by atoms with Gasteiger partial charge in [0.15, 0.2) is 0 Å². The Morgan fingerprint density at radius 3 is 2.50 bits per heavy atom. The third kappa shape index (κ3) is 2.43. The van der Waals surface area contributed by atoms with Gasteiger partial charge in [0.25, 0.3) is 0 Å². The van der Waals surface area contributed by atoms with Gasteiger partial charge in [-0.3, -0.25) is 4.98 Å². The predicted molar refractivity (Wildman–Crippen MR) is 84.5 cm³/mol. The molecule has 3 heteroatoms. The zero-order valence-corrected chi connectivity index (χ0v) is 12.2. The van der Waals surface area contributed by atoms with Crippen LogP contribution < -0.4 is 0 Å². The van der Waals surface area contributed by atoms with Gasteiger partial charge < -0.3 is 0 Å². The zero-order chi connectivity index (χ0) is 13.9. The summed E-state index contributed by atoms with van der Waals surface area (Å²) in [6.07, 6.45) is 1.80. The Morgan fingerprint density at radius 2 is 1.75 bits per heavy atom. The van der Waals surface area contributed by atoms with Gasteiger partial charge in [0.1, 0.15) is 4.83 Å². The Labute approximate surface area is 125 Å². The average Bonchev–Trinajstić information content (AvgIpc) is 2.54. The number of pyridine rings is 1. The van der Waals surface area contributed by atoms with Crippen molar-refractivity contribution in [2.75, 3.05) is 0 Å². The van der Waals surface area contributed by atoms with E-state index in [0.717, 1.165) is 27.6 Å². The topological polar surface area (TPSA) is 36.7 Å². The Bertz CT molecular complexity index is 788. The number of alkyl halides is 1. The first-order valence-electron chi connectivity index (χ1n) is 6.27. The van der Waals surface area contributed by atoms with Crippen molar-refractivity contribution in [3.63, 3.8) is 0 Å². The molecule has 0 aliphatic rings. The van der Waals surface area contributed by atoms with Crippen LogP contribution in [0.1, 0.15) is 10.4 Å². The summed E-state index contributed by atoms with van der Waals surface area (Å²) in [4.78, 5) is 4.12. The summed E-state index contributed by atoms with van der Waals surface area (Å²) in [5.41, 5.74) is 4.21. The lowest BCUT2D eigenvalue weighted by Gasteiger charge is -2.06. The van der Waals surface area contributed by atoms with Crippen molar-refractivity contribution in [1.82, 2.24) is 4.98 Å². The maximum atomic E-state index is 8.89. The third-order valence-corrected chi connectivity index (χ3v) is 3.99. The summed E-state index contributed by atoms with van der Waals surface area (Å²) in [6, 6.07) is 20.4. The molecule has 0 bridgehead atoms. The molecule has 3 rings (SSSR count). The maximum Gasteiger partial charge on any atom is 0.126 e. The van der Waals surface area contributed by atoms with Gasteiger partial charge >= 0.3 is 0 Å². The fourth-order valence-corrected chi connectivity index (χ4v) is 2.47. The standard InChI is InChI=1S/C17H11BrN2/c18-16(11-19)13-5-3-12(4-6-13)15-8-7-14-2-1-9-20-17(14)10-15/h1-10,16H. The van der Waals surface area contributed by atoms with Crippen molar-refractivity contribution in [2.45, 2.75) is 4.83 Å². The molecule has 1 heterocycles. The van der Waals surface area contributed by atoms with Crippen LogP contribution in [-0.2, 0) is 0 Å². The van der Waals surface area contributed by atoms with Crippen molar-refractivity contribution in [3.8, 4) is 17.2 Å². The number of nitrogens with zero attached hydrogens (tertiary/aromatic N) is 2. The van der Waals surface area contributed by atoms with Crippen LogP contribution >= 0.6 is 15.9 Å². The minimum atomic E-state index is -0.255. The summed E-state index contributed by atoms with van der Waals surface area (Å²) in [5, 5.41) is 10.0. The molecule has 2 nitrogen and oxygen atoms in total. The van der Waals surface area contributed by atoms with Gasteiger partial charge in [-0.1, -0.05) is 58.4 Å². The van der Waals surface area contributed by atoms with Crippen LogP contribution in [-0.4, -0.2) is 4.98 Å². The van der Waals surface area contributed by atoms with E-state index in [0.29, 0.717) is 0 Å². The van der Waals surface area contributed by atoms with Crippen LogP contribution in [0.2, 0.25) is 0 Å². The van der Waals surface area contributed by atoms with Crippen LogP contribution in [0, 0.1) is 11.3 Å². The lowest BCUT2D eigenvalue weighted by Crippen LogP contribution is -1.86. The molecular formula is C17H11BrN2. The minimum Gasteiger partial charge on any atom is -0.256 e. The van der Waals surface area contributed by atoms with Crippen molar-refractivity contribution >= 4 is 26.8 Å². The first kappa shape index (κ1) is 12.8. The number of rotatable bonds is 2. The van der Waals surface area contributed by atoms with E-state index in [1.807, 2.05) is 30.3 Å². The molecule has 1 atom stereocenters. The molecule has 0 saturated heterocycles. The van der Waals surface area contributed by atoms with Gasteiger partial charge in [-0.05, 0) is 28.8 Å². The molecule has 0 amide bonds. The zero-order valence-electron chi connectivity index (χ0n) is 10.6. The van der Waals surface area contributed by atoms with E-state index in [1.54, 1.807) is 6.20 Å². The number of hydrogen-bond donors (Lipinski definition) is 0. The monoisotopic (exact) mass is 322 g/mol. The van der Waals surface area contributed by atoms with E-state index in [1.165, 1.54) is 0 Å². The van der Waals surface area contributed by atoms with Gasteiger partial charge in [0.05, 0.1) is 11.6 Å². The Balaban J connectivity index is 2.00. The number of fused-ring (bicyclic) bond motifs is 1.